The summed E-state index contributed by atoms with van der Waals surface area (Å²) in [6.45, 7) is 3.72. The SMILES string of the molecule is CC/C=C\C/C=C\C/C=C\CCCCCCCC(=O)OC(COC(=O)CCCCCCCCC/C=C\C/C=C\CCCCC)COP(=O)(O)OC. The van der Waals surface area contributed by atoms with Crippen LogP contribution >= 0.6 is 7.82 Å². The number of ether oxygens (including phenoxy) is 2. The first-order valence-electron chi connectivity index (χ1n) is 20.0. The molecule has 2 atom stereocenters. The molecule has 2 unspecified atom stereocenters. The number of unbranched alkanes of at least 4 members (excludes halogenated alkanes) is 15. The van der Waals surface area contributed by atoms with Crippen LogP contribution in [0.25, 0.3) is 0 Å². The van der Waals surface area contributed by atoms with Crippen molar-refractivity contribution < 1.29 is 37.6 Å². The fourth-order valence-electron chi connectivity index (χ4n) is 5.17. The summed E-state index contributed by atoms with van der Waals surface area (Å²) in [6.07, 6.45) is 45.5. The number of esters is 2. The molecule has 294 valence electrons. The van der Waals surface area contributed by atoms with E-state index < -0.39 is 26.5 Å². The molecule has 8 nitrogen and oxygen atoms in total. The number of rotatable bonds is 36. The minimum Gasteiger partial charge on any atom is -0.462 e. The van der Waals surface area contributed by atoms with E-state index >= 15 is 0 Å². The highest BCUT2D eigenvalue weighted by Gasteiger charge is 2.24. The van der Waals surface area contributed by atoms with E-state index in [2.05, 4.69) is 79.1 Å². The average molecular weight is 737 g/mol. The van der Waals surface area contributed by atoms with E-state index in [4.69, 9.17) is 14.0 Å². The van der Waals surface area contributed by atoms with Gasteiger partial charge in [0.25, 0.3) is 0 Å². The summed E-state index contributed by atoms with van der Waals surface area (Å²) in [7, 11) is -3.21. The first-order valence-corrected chi connectivity index (χ1v) is 21.5. The van der Waals surface area contributed by atoms with Crippen LogP contribution in [0.1, 0.15) is 168 Å². The van der Waals surface area contributed by atoms with Crippen LogP contribution in [-0.2, 0) is 32.7 Å². The summed E-state index contributed by atoms with van der Waals surface area (Å²) in [5.41, 5.74) is 0. The molecule has 1 N–H and O–H groups in total. The highest BCUT2D eigenvalue weighted by molar-refractivity contribution is 7.47. The van der Waals surface area contributed by atoms with Gasteiger partial charge in [0.1, 0.15) is 6.61 Å². The molecule has 0 aromatic rings. The van der Waals surface area contributed by atoms with Crippen LogP contribution in [0.15, 0.2) is 60.8 Å². The van der Waals surface area contributed by atoms with Gasteiger partial charge in [-0.3, -0.25) is 18.6 Å². The predicted molar refractivity (Wildman–Crippen MR) is 211 cm³/mol. The molecule has 0 saturated heterocycles. The molecule has 0 aliphatic carbocycles. The number of phosphoric ester groups is 1. The van der Waals surface area contributed by atoms with Crippen LogP contribution in [0.4, 0.5) is 0 Å². The molecule has 0 saturated carbocycles. The molecule has 51 heavy (non-hydrogen) atoms. The minimum atomic E-state index is -4.27. The van der Waals surface area contributed by atoms with Gasteiger partial charge in [-0.05, 0) is 77.0 Å². The molecule has 0 bridgehead atoms. The van der Waals surface area contributed by atoms with Crippen LogP contribution < -0.4 is 0 Å². The number of carbonyl (C=O) groups excluding carboxylic acids is 2. The number of allylic oxidation sites excluding steroid dienone is 10. The van der Waals surface area contributed by atoms with Crippen molar-refractivity contribution in [2.24, 2.45) is 0 Å². The number of phosphoric acid groups is 1. The number of hydrogen-bond acceptors (Lipinski definition) is 7. The van der Waals surface area contributed by atoms with Gasteiger partial charge >= 0.3 is 19.8 Å². The standard InChI is InChI=1S/C42H73O8P/c1-4-6-8-10-12-14-16-18-20-21-23-24-26-28-30-32-34-36-41(43)48-38-40(39-49-51(45,46)47-3)50-42(44)37-35-33-31-29-27-25-22-19-17-15-13-11-9-7-5-2/h7,9,12-15,18-20,22,40H,4-6,8,10-11,16-17,21,23-39H2,1-3H3,(H,45,46)/b9-7-,14-12-,15-13-,20-18-,22-19-. The Labute approximate surface area is 311 Å². The monoisotopic (exact) mass is 737 g/mol. The zero-order chi connectivity index (χ0) is 37.5. The van der Waals surface area contributed by atoms with E-state index in [-0.39, 0.29) is 25.4 Å². The molecule has 0 spiro atoms. The first-order chi connectivity index (χ1) is 24.8. The molecule has 0 aromatic carbocycles. The van der Waals surface area contributed by atoms with Crippen molar-refractivity contribution in [3.05, 3.63) is 60.8 Å². The highest BCUT2D eigenvalue weighted by Crippen LogP contribution is 2.42. The van der Waals surface area contributed by atoms with E-state index in [0.717, 1.165) is 97.0 Å². The van der Waals surface area contributed by atoms with E-state index in [1.54, 1.807) is 0 Å². The summed E-state index contributed by atoms with van der Waals surface area (Å²) in [5, 5.41) is 0. The Bertz CT molecular complexity index is 1020. The largest absolute Gasteiger partial charge is 0.472 e. The van der Waals surface area contributed by atoms with Gasteiger partial charge in [-0.15, -0.1) is 0 Å². The second kappa shape index (κ2) is 37.5. The molecule has 0 aliphatic rings. The van der Waals surface area contributed by atoms with E-state index in [1.165, 1.54) is 44.9 Å². The van der Waals surface area contributed by atoms with Gasteiger partial charge in [0, 0.05) is 20.0 Å². The fraction of sp³-hybridized carbons (Fsp3) is 0.714. The van der Waals surface area contributed by atoms with Crippen LogP contribution in [0.3, 0.4) is 0 Å². The molecule has 9 heteroatoms. The third-order valence-corrected chi connectivity index (χ3v) is 9.18. The van der Waals surface area contributed by atoms with Gasteiger partial charge in [0.05, 0.1) is 6.61 Å². The molecular formula is C42H73O8P. The maximum Gasteiger partial charge on any atom is 0.472 e. The normalized spacial score (nSPS) is 14.0. The lowest BCUT2D eigenvalue weighted by Gasteiger charge is -2.19. The van der Waals surface area contributed by atoms with Crippen molar-refractivity contribution in [1.82, 2.24) is 0 Å². The highest BCUT2D eigenvalue weighted by atomic mass is 31.2. The van der Waals surface area contributed by atoms with E-state index in [0.29, 0.717) is 6.42 Å². The van der Waals surface area contributed by atoms with Gasteiger partial charge in [-0.1, -0.05) is 139 Å². The maximum atomic E-state index is 12.5. The molecule has 0 aromatic heterocycles. The Kier molecular flexibility index (Phi) is 35.9. The lowest BCUT2D eigenvalue weighted by Crippen LogP contribution is -2.29. The fourth-order valence-corrected chi connectivity index (χ4v) is 5.63. The van der Waals surface area contributed by atoms with Crippen molar-refractivity contribution in [3.63, 3.8) is 0 Å². The zero-order valence-corrected chi connectivity index (χ0v) is 33.4. The Hall–Kier alpha value is -2.25. The number of hydrogen-bond donors (Lipinski definition) is 1. The summed E-state index contributed by atoms with van der Waals surface area (Å²) in [5.74, 6) is -0.837. The summed E-state index contributed by atoms with van der Waals surface area (Å²) >= 11 is 0. The lowest BCUT2D eigenvalue weighted by atomic mass is 10.1. The van der Waals surface area contributed by atoms with Crippen LogP contribution in [-0.4, -0.2) is 43.3 Å². The quantitative estimate of drug-likeness (QED) is 0.0293. The van der Waals surface area contributed by atoms with Crippen molar-refractivity contribution in [2.45, 2.75) is 174 Å². The Balaban J connectivity index is 4.08. The minimum absolute atomic E-state index is 0.221. The molecule has 0 amide bonds. The van der Waals surface area contributed by atoms with Crippen LogP contribution in [0.2, 0.25) is 0 Å². The second-order valence-electron chi connectivity index (χ2n) is 13.0. The Morgan fingerprint density at radius 1 is 0.569 bits per heavy atom. The molecule has 0 aliphatic heterocycles. The summed E-state index contributed by atoms with van der Waals surface area (Å²) in [4.78, 5) is 34.4. The first kappa shape index (κ1) is 48.8. The Morgan fingerprint density at radius 3 is 1.49 bits per heavy atom. The summed E-state index contributed by atoms with van der Waals surface area (Å²) in [6, 6.07) is 0. The number of carbonyl (C=O) groups is 2. The third kappa shape index (κ3) is 37.3. The Morgan fingerprint density at radius 2 is 1.00 bits per heavy atom. The second-order valence-corrected chi connectivity index (χ2v) is 14.6. The summed E-state index contributed by atoms with van der Waals surface area (Å²) < 4.78 is 31.9. The van der Waals surface area contributed by atoms with Crippen LogP contribution in [0.5, 0.6) is 0 Å². The topological polar surface area (TPSA) is 108 Å². The van der Waals surface area contributed by atoms with Gasteiger partial charge < -0.3 is 14.4 Å². The molecule has 0 fully saturated rings. The van der Waals surface area contributed by atoms with Crippen molar-refractivity contribution >= 4 is 19.8 Å². The average Bonchev–Trinajstić information content (AvgIpc) is 3.12. The van der Waals surface area contributed by atoms with E-state index in [9.17, 15) is 19.0 Å². The van der Waals surface area contributed by atoms with Crippen molar-refractivity contribution in [1.29, 1.82) is 0 Å². The van der Waals surface area contributed by atoms with Crippen molar-refractivity contribution in [3.8, 4) is 0 Å². The van der Waals surface area contributed by atoms with Gasteiger partial charge in [-0.2, -0.15) is 0 Å². The van der Waals surface area contributed by atoms with Crippen LogP contribution in [0, 0.1) is 0 Å². The van der Waals surface area contributed by atoms with Crippen molar-refractivity contribution in [2.75, 3.05) is 20.3 Å². The smallest absolute Gasteiger partial charge is 0.462 e. The molecular weight excluding hydrogens is 663 g/mol. The molecule has 0 heterocycles. The van der Waals surface area contributed by atoms with Gasteiger partial charge in [-0.25, -0.2) is 4.57 Å². The molecule has 0 radical (unpaired) electrons. The van der Waals surface area contributed by atoms with Gasteiger partial charge in [0.15, 0.2) is 6.10 Å². The zero-order valence-electron chi connectivity index (χ0n) is 32.5. The maximum absolute atomic E-state index is 12.5. The van der Waals surface area contributed by atoms with Gasteiger partial charge in [0.2, 0.25) is 0 Å². The third-order valence-electron chi connectivity index (χ3n) is 8.25. The predicted octanol–water partition coefficient (Wildman–Crippen LogP) is 12.4. The van der Waals surface area contributed by atoms with E-state index in [1.807, 2.05) is 0 Å². The lowest BCUT2D eigenvalue weighted by molar-refractivity contribution is -0.161. The molecule has 0 rings (SSSR count).